The van der Waals surface area contributed by atoms with Crippen molar-refractivity contribution in [3.8, 4) is 0 Å². The molecule has 0 spiro atoms. The van der Waals surface area contributed by atoms with E-state index in [0.717, 1.165) is 25.1 Å². The molecule has 8 heteroatoms. The molecule has 1 aliphatic heterocycles. The summed E-state index contributed by atoms with van der Waals surface area (Å²) in [4.78, 5) is 12.1. The van der Waals surface area contributed by atoms with Crippen molar-refractivity contribution in [1.29, 1.82) is 0 Å². The van der Waals surface area contributed by atoms with E-state index in [9.17, 15) is 9.18 Å². The highest BCUT2D eigenvalue weighted by molar-refractivity contribution is 6.30. The van der Waals surface area contributed by atoms with Crippen molar-refractivity contribution in [1.82, 2.24) is 25.6 Å². The predicted octanol–water partition coefficient (Wildman–Crippen LogP) is 2.53. The Morgan fingerprint density at radius 3 is 3.08 bits per heavy atom. The van der Waals surface area contributed by atoms with E-state index in [0.29, 0.717) is 6.04 Å². The molecule has 134 valence electrons. The van der Waals surface area contributed by atoms with Crippen LogP contribution in [0.3, 0.4) is 0 Å². The molecule has 0 radical (unpaired) electrons. The van der Waals surface area contributed by atoms with Gasteiger partial charge in [-0.05, 0) is 43.5 Å². The summed E-state index contributed by atoms with van der Waals surface area (Å²) in [7, 11) is 0. The average molecular weight is 366 g/mol. The fraction of sp³-hybridized carbons (Fsp3) is 0.471. The van der Waals surface area contributed by atoms with Crippen LogP contribution in [0.15, 0.2) is 24.4 Å². The van der Waals surface area contributed by atoms with Crippen molar-refractivity contribution in [2.24, 2.45) is 0 Å². The third-order valence-electron chi connectivity index (χ3n) is 4.33. The molecule has 1 amide bonds. The Morgan fingerprint density at radius 1 is 1.44 bits per heavy atom. The molecule has 2 N–H and O–H groups in total. The number of benzene rings is 1. The molecule has 1 fully saturated rings. The van der Waals surface area contributed by atoms with E-state index in [-0.39, 0.29) is 23.2 Å². The van der Waals surface area contributed by atoms with Crippen molar-refractivity contribution in [2.75, 3.05) is 6.54 Å². The first-order chi connectivity index (χ1) is 12.1. The summed E-state index contributed by atoms with van der Waals surface area (Å²) in [6.07, 6.45) is 6.30. The van der Waals surface area contributed by atoms with Gasteiger partial charge in [0, 0.05) is 19.1 Å². The zero-order valence-corrected chi connectivity index (χ0v) is 14.6. The summed E-state index contributed by atoms with van der Waals surface area (Å²) in [5.41, 5.74) is 0.986. The first-order valence-electron chi connectivity index (χ1n) is 8.47. The second kappa shape index (κ2) is 8.40. The molecule has 6 nitrogen and oxygen atoms in total. The van der Waals surface area contributed by atoms with Gasteiger partial charge in [-0.15, -0.1) is 5.10 Å². The second-order valence-electron chi connectivity index (χ2n) is 6.23. The van der Waals surface area contributed by atoms with Crippen molar-refractivity contribution in [3.05, 3.63) is 46.5 Å². The maximum atomic E-state index is 13.1. The van der Waals surface area contributed by atoms with Crippen molar-refractivity contribution < 1.29 is 9.18 Å². The number of nitrogens with one attached hydrogen (secondary N) is 2. The SMILES string of the molecule is O=C(NCc1ccc(F)c(Cl)c1)c1cn(CC[C@@H]2CCCCN2)nn1. The molecule has 0 unspecified atom stereocenters. The smallest absolute Gasteiger partial charge is 0.273 e. The van der Waals surface area contributed by atoms with Crippen LogP contribution < -0.4 is 10.6 Å². The Kier molecular flexibility index (Phi) is 5.99. The van der Waals surface area contributed by atoms with Crippen LogP contribution in [0.5, 0.6) is 0 Å². The molecule has 1 aromatic carbocycles. The van der Waals surface area contributed by atoms with Gasteiger partial charge in [-0.2, -0.15) is 0 Å². The number of aromatic nitrogens is 3. The number of nitrogens with zero attached hydrogens (tertiary/aromatic N) is 3. The summed E-state index contributed by atoms with van der Waals surface area (Å²) >= 11 is 5.73. The first-order valence-corrected chi connectivity index (χ1v) is 8.85. The van der Waals surface area contributed by atoms with Gasteiger partial charge in [-0.3, -0.25) is 9.48 Å². The lowest BCUT2D eigenvalue weighted by Gasteiger charge is -2.23. The minimum Gasteiger partial charge on any atom is -0.347 e. The van der Waals surface area contributed by atoms with Gasteiger partial charge >= 0.3 is 0 Å². The molecule has 25 heavy (non-hydrogen) atoms. The molecular formula is C17H21ClFN5O. The van der Waals surface area contributed by atoms with Gasteiger partial charge in [-0.25, -0.2) is 4.39 Å². The number of carbonyl (C=O) groups is 1. The Morgan fingerprint density at radius 2 is 2.32 bits per heavy atom. The lowest BCUT2D eigenvalue weighted by atomic mass is 10.0. The van der Waals surface area contributed by atoms with E-state index >= 15 is 0 Å². The summed E-state index contributed by atoms with van der Waals surface area (Å²) in [5, 5.41) is 14.2. The highest BCUT2D eigenvalue weighted by Gasteiger charge is 2.14. The Labute approximate surface area is 150 Å². The fourth-order valence-corrected chi connectivity index (χ4v) is 3.10. The molecule has 2 aromatic rings. The molecule has 0 bridgehead atoms. The second-order valence-corrected chi connectivity index (χ2v) is 6.64. The molecule has 1 aliphatic rings. The zero-order valence-electron chi connectivity index (χ0n) is 13.8. The summed E-state index contributed by atoms with van der Waals surface area (Å²) in [5.74, 6) is -0.797. The van der Waals surface area contributed by atoms with E-state index in [1.807, 2.05) is 0 Å². The molecule has 0 aliphatic carbocycles. The van der Waals surface area contributed by atoms with Crippen LogP contribution in [-0.4, -0.2) is 33.5 Å². The molecule has 0 saturated carbocycles. The van der Waals surface area contributed by atoms with E-state index in [2.05, 4.69) is 20.9 Å². The topological polar surface area (TPSA) is 71.8 Å². The van der Waals surface area contributed by atoms with Crippen molar-refractivity contribution in [2.45, 2.75) is 44.8 Å². The van der Waals surface area contributed by atoms with Crippen LogP contribution in [0.1, 0.15) is 41.7 Å². The van der Waals surface area contributed by atoms with Gasteiger partial charge in [0.2, 0.25) is 0 Å². The number of carbonyl (C=O) groups excluding carboxylic acids is 1. The van der Waals surface area contributed by atoms with Gasteiger partial charge in [0.25, 0.3) is 5.91 Å². The highest BCUT2D eigenvalue weighted by Crippen LogP contribution is 2.16. The molecular weight excluding hydrogens is 345 g/mol. The summed E-state index contributed by atoms with van der Waals surface area (Å²) < 4.78 is 14.8. The molecule has 1 saturated heterocycles. The predicted molar refractivity (Wildman–Crippen MR) is 92.9 cm³/mol. The number of halogens is 2. The van der Waals surface area contributed by atoms with Crippen LogP contribution in [0.25, 0.3) is 0 Å². The number of aryl methyl sites for hydroxylation is 1. The van der Waals surface area contributed by atoms with Gasteiger partial charge in [0.05, 0.1) is 11.2 Å². The minimum atomic E-state index is -0.479. The lowest BCUT2D eigenvalue weighted by molar-refractivity contribution is 0.0946. The third kappa shape index (κ3) is 4.99. The maximum Gasteiger partial charge on any atom is 0.273 e. The average Bonchev–Trinajstić information content (AvgIpc) is 3.11. The number of hydrogen-bond acceptors (Lipinski definition) is 4. The minimum absolute atomic E-state index is 0.0361. The van der Waals surface area contributed by atoms with Crippen LogP contribution in [0, 0.1) is 5.82 Å². The zero-order chi connectivity index (χ0) is 17.6. The standard InChI is InChI=1S/C17H21ClFN5O/c18-14-9-12(4-5-15(14)19)10-21-17(25)16-11-24(23-22-16)8-6-13-3-1-2-7-20-13/h4-5,9,11,13,20H,1-3,6-8,10H2,(H,21,25)/t13-/m0/s1. The monoisotopic (exact) mass is 365 g/mol. The molecule has 1 atom stereocenters. The Bertz CT molecular complexity index is 730. The third-order valence-corrected chi connectivity index (χ3v) is 4.62. The number of rotatable bonds is 6. The Hall–Kier alpha value is -1.99. The van der Waals surface area contributed by atoms with E-state index < -0.39 is 5.82 Å². The summed E-state index contributed by atoms with van der Waals surface area (Å²) in [6.45, 7) is 2.05. The fourth-order valence-electron chi connectivity index (χ4n) is 2.89. The number of hydrogen-bond donors (Lipinski definition) is 2. The lowest BCUT2D eigenvalue weighted by Crippen LogP contribution is -2.34. The van der Waals surface area contributed by atoms with Crippen LogP contribution in [0.4, 0.5) is 4.39 Å². The summed E-state index contributed by atoms with van der Waals surface area (Å²) in [6, 6.07) is 4.86. The van der Waals surface area contributed by atoms with Crippen LogP contribution >= 0.6 is 11.6 Å². The van der Waals surface area contributed by atoms with Crippen LogP contribution in [-0.2, 0) is 13.1 Å². The first kappa shape index (κ1) is 17.8. The van der Waals surface area contributed by atoms with E-state index in [4.69, 9.17) is 11.6 Å². The number of piperidine rings is 1. The quantitative estimate of drug-likeness (QED) is 0.825. The number of amides is 1. The highest BCUT2D eigenvalue weighted by atomic mass is 35.5. The van der Waals surface area contributed by atoms with Crippen molar-refractivity contribution >= 4 is 17.5 Å². The maximum absolute atomic E-state index is 13.1. The normalized spacial score (nSPS) is 17.4. The molecule has 3 rings (SSSR count). The van der Waals surface area contributed by atoms with Gasteiger partial charge in [0.15, 0.2) is 5.69 Å². The van der Waals surface area contributed by atoms with Crippen LogP contribution in [0.2, 0.25) is 5.02 Å². The molecule has 1 aromatic heterocycles. The van der Waals surface area contributed by atoms with Gasteiger partial charge in [-0.1, -0.05) is 29.3 Å². The van der Waals surface area contributed by atoms with Gasteiger partial charge < -0.3 is 10.6 Å². The van der Waals surface area contributed by atoms with E-state index in [1.165, 1.54) is 31.4 Å². The molecule has 2 heterocycles. The largest absolute Gasteiger partial charge is 0.347 e. The van der Waals surface area contributed by atoms with Crippen molar-refractivity contribution in [3.63, 3.8) is 0 Å². The van der Waals surface area contributed by atoms with E-state index in [1.54, 1.807) is 16.9 Å². The van der Waals surface area contributed by atoms with Gasteiger partial charge in [0.1, 0.15) is 5.82 Å². The Balaban J connectivity index is 1.49.